The number of ether oxygens (including phenoxy) is 1. The van der Waals surface area contributed by atoms with Gasteiger partial charge in [0.25, 0.3) is 0 Å². The number of Topliss-reactive ketones (excluding diaryl/α,β-unsaturated/α-hetero) is 2. The van der Waals surface area contributed by atoms with Gasteiger partial charge in [-0.15, -0.1) is 0 Å². The molecule has 0 saturated carbocycles. The Bertz CT molecular complexity index is 993. The predicted molar refractivity (Wildman–Crippen MR) is 137 cm³/mol. The first-order valence-corrected chi connectivity index (χ1v) is 12.4. The lowest BCUT2D eigenvalue weighted by molar-refractivity contribution is -0.178. The number of unbranched alkanes of at least 4 members (excludes halogenated alkanes) is 1. The summed E-state index contributed by atoms with van der Waals surface area (Å²) in [6.07, 6.45) is 1.37. The molecule has 0 radical (unpaired) electrons. The van der Waals surface area contributed by atoms with E-state index in [1.165, 1.54) is 0 Å². The number of hydrogen-bond donors (Lipinski definition) is 6. The van der Waals surface area contributed by atoms with Crippen LogP contribution in [0.4, 0.5) is 0 Å². The summed E-state index contributed by atoms with van der Waals surface area (Å²) < 4.78 is 5.39. The number of aliphatic carboxylic acids is 1. The van der Waals surface area contributed by atoms with Gasteiger partial charge in [-0.1, -0.05) is 43.7 Å². The van der Waals surface area contributed by atoms with Crippen molar-refractivity contribution in [2.24, 2.45) is 33.3 Å². The number of carbonyl (C=O) groups is 4. The zero-order chi connectivity index (χ0) is 27.6. The van der Waals surface area contributed by atoms with Crippen LogP contribution in [0, 0.1) is 5.41 Å². The molecule has 1 saturated heterocycles. The lowest BCUT2D eigenvalue weighted by atomic mass is 9.60. The Kier molecular flexibility index (Phi) is 10.7. The number of rotatable bonds is 15. The highest BCUT2D eigenvalue weighted by Gasteiger charge is 2.69. The van der Waals surface area contributed by atoms with Crippen LogP contribution in [-0.4, -0.2) is 71.9 Å². The molecule has 1 aromatic carbocycles. The largest absolute Gasteiger partial charge is 0.479 e. The van der Waals surface area contributed by atoms with E-state index in [1.807, 2.05) is 6.92 Å². The monoisotopic (exact) mass is 518 g/mol. The SMILES string of the molecule is CCCCOC(=O)[C@](CCN=C(N)N)(C(=O)[C@H](N)Cc1ccccc1)[C@@](N)(C(=O)O)C(=O)[C@H]1CCCN1. The van der Waals surface area contributed by atoms with Crippen molar-refractivity contribution in [3.63, 3.8) is 0 Å². The van der Waals surface area contributed by atoms with Crippen LogP contribution in [0.5, 0.6) is 0 Å². The fourth-order valence-electron chi connectivity index (χ4n) is 4.62. The van der Waals surface area contributed by atoms with Gasteiger partial charge in [0.1, 0.15) is 0 Å². The normalized spacial score (nSPS) is 19.2. The Morgan fingerprint density at radius 1 is 1.22 bits per heavy atom. The maximum atomic E-state index is 14.1. The van der Waals surface area contributed by atoms with Gasteiger partial charge < -0.3 is 38.1 Å². The third-order valence-corrected chi connectivity index (χ3v) is 6.69. The van der Waals surface area contributed by atoms with E-state index in [0.717, 1.165) is 0 Å². The van der Waals surface area contributed by atoms with Crippen molar-refractivity contribution in [2.75, 3.05) is 19.7 Å². The Morgan fingerprint density at radius 2 is 1.89 bits per heavy atom. The van der Waals surface area contributed by atoms with Gasteiger partial charge in [-0.05, 0) is 44.2 Å². The lowest BCUT2D eigenvalue weighted by Crippen LogP contribution is -2.75. The molecule has 0 bridgehead atoms. The summed E-state index contributed by atoms with van der Waals surface area (Å²) in [6.45, 7) is 1.84. The highest BCUT2D eigenvalue weighted by Crippen LogP contribution is 2.40. The molecule has 12 nitrogen and oxygen atoms in total. The lowest BCUT2D eigenvalue weighted by Gasteiger charge is -2.43. The number of esters is 1. The van der Waals surface area contributed by atoms with Gasteiger partial charge in [0.05, 0.1) is 18.7 Å². The molecule has 10 N–H and O–H groups in total. The summed E-state index contributed by atoms with van der Waals surface area (Å²) in [5.74, 6) is -5.47. The van der Waals surface area contributed by atoms with Gasteiger partial charge in [0, 0.05) is 6.54 Å². The number of nitrogens with one attached hydrogen (secondary N) is 1. The minimum atomic E-state index is -3.00. The van der Waals surface area contributed by atoms with Crippen LogP contribution in [0.3, 0.4) is 0 Å². The van der Waals surface area contributed by atoms with Crippen LogP contribution in [0.2, 0.25) is 0 Å². The van der Waals surface area contributed by atoms with E-state index in [2.05, 4.69) is 10.3 Å². The number of carbonyl (C=O) groups excluding carboxylic acids is 3. The van der Waals surface area contributed by atoms with Crippen LogP contribution in [-0.2, 0) is 30.3 Å². The number of carboxylic acid groups (broad SMARTS) is 1. The number of benzene rings is 1. The fraction of sp³-hybridized carbons (Fsp3) is 0.560. The quantitative estimate of drug-likeness (QED) is 0.0555. The van der Waals surface area contributed by atoms with E-state index in [0.29, 0.717) is 37.8 Å². The maximum Gasteiger partial charge on any atom is 0.333 e. The molecule has 4 atom stereocenters. The topological polar surface area (TPSA) is 226 Å². The molecule has 2 rings (SSSR count). The van der Waals surface area contributed by atoms with Gasteiger partial charge in [-0.3, -0.25) is 19.4 Å². The minimum absolute atomic E-state index is 0.0302. The third-order valence-electron chi connectivity index (χ3n) is 6.69. The molecule has 0 unspecified atom stereocenters. The van der Waals surface area contributed by atoms with E-state index in [-0.39, 0.29) is 25.5 Å². The zero-order valence-electron chi connectivity index (χ0n) is 21.2. The van der Waals surface area contributed by atoms with Gasteiger partial charge in [-0.25, -0.2) is 4.79 Å². The first kappa shape index (κ1) is 29.9. The molecule has 1 aliphatic heterocycles. The Morgan fingerprint density at radius 3 is 2.43 bits per heavy atom. The Balaban J connectivity index is 2.70. The molecule has 37 heavy (non-hydrogen) atoms. The maximum absolute atomic E-state index is 14.1. The second kappa shape index (κ2) is 13.3. The van der Waals surface area contributed by atoms with Crippen molar-refractivity contribution in [3.8, 4) is 0 Å². The van der Waals surface area contributed by atoms with E-state index < -0.39 is 53.0 Å². The molecule has 1 fully saturated rings. The smallest absolute Gasteiger partial charge is 0.333 e. The molecular formula is C25H38N6O6. The van der Waals surface area contributed by atoms with Crippen LogP contribution in [0.1, 0.15) is 44.6 Å². The fourth-order valence-corrected chi connectivity index (χ4v) is 4.62. The summed E-state index contributed by atoms with van der Waals surface area (Å²) in [4.78, 5) is 58.3. The molecule has 204 valence electrons. The predicted octanol–water partition coefficient (Wildman–Crippen LogP) is -0.778. The van der Waals surface area contributed by atoms with Crippen LogP contribution < -0.4 is 28.3 Å². The second-order valence-electron chi connectivity index (χ2n) is 9.24. The number of hydrogen-bond acceptors (Lipinski definition) is 9. The average molecular weight is 519 g/mol. The standard InChI is InChI=1S/C25H38N6O6/c1-2-3-14-37-22(36)24(11-13-31-23(27)28,19(32)17(26)15-16-8-5-4-6-9-16)25(29,21(34)35)20(33)18-10-7-12-30-18/h4-6,8-9,17-18,30H,2-3,7,10-15,26,29H2,1H3,(H,34,35)(H4,27,28,31)/t17-,18-,24+,25+/m1/s1. The summed E-state index contributed by atoms with van der Waals surface area (Å²) in [6, 6.07) is 6.39. The molecule has 0 spiro atoms. The molecule has 1 heterocycles. The number of carboxylic acids is 1. The van der Waals surface area contributed by atoms with Crippen LogP contribution in [0.15, 0.2) is 35.3 Å². The van der Waals surface area contributed by atoms with Gasteiger partial charge in [0.2, 0.25) is 0 Å². The molecule has 0 amide bonds. The average Bonchev–Trinajstić information content (AvgIpc) is 3.40. The second-order valence-corrected chi connectivity index (χ2v) is 9.24. The number of nitrogens with zero attached hydrogens (tertiary/aromatic N) is 1. The Hall–Kier alpha value is -3.35. The van der Waals surface area contributed by atoms with Gasteiger partial charge in [-0.2, -0.15) is 0 Å². The van der Waals surface area contributed by atoms with E-state index in [4.69, 9.17) is 27.7 Å². The van der Waals surface area contributed by atoms with Crippen molar-refractivity contribution >= 4 is 29.5 Å². The number of nitrogens with two attached hydrogens (primary N) is 4. The first-order chi connectivity index (χ1) is 17.5. The van der Waals surface area contributed by atoms with Crippen molar-refractivity contribution in [3.05, 3.63) is 35.9 Å². The summed E-state index contributed by atoms with van der Waals surface area (Å²) in [7, 11) is 0. The molecule has 1 aromatic rings. The van der Waals surface area contributed by atoms with Gasteiger partial charge >= 0.3 is 11.9 Å². The van der Waals surface area contributed by atoms with Gasteiger partial charge in [0.15, 0.2) is 28.5 Å². The van der Waals surface area contributed by atoms with E-state index in [9.17, 15) is 24.3 Å². The van der Waals surface area contributed by atoms with E-state index in [1.54, 1.807) is 30.3 Å². The van der Waals surface area contributed by atoms with E-state index >= 15 is 0 Å². The third kappa shape index (κ3) is 6.51. The summed E-state index contributed by atoms with van der Waals surface area (Å²) in [5, 5.41) is 13.3. The first-order valence-electron chi connectivity index (χ1n) is 12.4. The summed E-state index contributed by atoms with van der Waals surface area (Å²) in [5.41, 5.74) is 18.6. The summed E-state index contributed by atoms with van der Waals surface area (Å²) >= 11 is 0. The molecule has 12 heteroatoms. The number of guanidine groups is 1. The molecule has 0 aromatic heterocycles. The zero-order valence-corrected chi connectivity index (χ0v) is 21.2. The van der Waals surface area contributed by atoms with Crippen molar-refractivity contribution < 1.29 is 29.0 Å². The minimum Gasteiger partial charge on any atom is -0.479 e. The molecule has 1 aliphatic rings. The molecule has 0 aliphatic carbocycles. The van der Waals surface area contributed by atoms with Crippen LogP contribution in [0.25, 0.3) is 0 Å². The van der Waals surface area contributed by atoms with Crippen molar-refractivity contribution in [1.82, 2.24) is 5.32 Å². The van der Waals surface area contributed by atoms with Crippen LogP contribution >= 0.6 is 0 Å². The highest BCUT2D eigenvalue weighted by atomic mass is 16.5. The molecular weight excluding hydrogens is 480 g/mol. The van der Waals surface area contributed by atoms with Crippen molar-refractivity contribution in [1.29, 1.82) is 0 Å². The van der Waals surface area contributed by atoms with Crippen molar-refractivity contribution in [2.45, 2.75) is 63.1 Å². The number of aliphatic imine (C=N–C) groups is 1. The Labute approximate surface area is 216 Å². The number of ketones is 2. The highest BCUT2D eigenvalue weighted by molar-refractivity contribution is 6.22.